The molecule has 0 nitrogen and oxygen atoms in total. The number of rotatable bonds is 1. The molecule has 0 radical (unpaired) electrons. The molecule has 0 aliphatic carbocycles. The Morgan fingerprint density at radius 2 is 1.25 bits per heavy atom. The van der Waals surface area contributed by atoms with Crippen molar-refractivity contribution < 1.29 is 39.5 Å². The Morgan fingerprint density at radius 3 is 1.60 bits per heavy atom. The highest BCUT2D eigenvalue weighted by Crippen LogP contribution is 2.47. The molecular weight excluding hydrogens is 371 g/mol. The molecule has 0 amide bonds. The van der Waals surface area contributed by atoms with Crippen molar-refractivity contribution in [2.45, 2.75) is 24.4 Å². The summed E-state index contributed by atoms with van der Waals surface area (Å²) in [5, 5.41) is 0. The summed E-state index contributed by atoms with van der Waals surface area (Å²) in [5.41, 5.74) is -3.12. The molecule has 10 heteroatoms. The van der Waals surface area contributed by atoms with E-state index in [1.807, 2.05) is 0 Å². The first-order chi connectivity index (χ1) is 8.74. The minimum absolute atomic E-state index is 0.157. The van der Waals surface area contributed by atoms with Crippen LogP contribution in [0.5, 0.6) is 0 Å². The average Bonchev–Trinajstić information content (AvgIpc) is 2.14. The van der Waals surface area contributed by atoms with E-state index >= 15 is 0 Å². The Morgan fingerprint density at radius 1 is 0.800 bits per heavy atom. The molecule has 114 valence electrons. The molecular formula is C10H4BrF9. The molecule has 0 saturated carbocycles. The van der Waals surface area contributed by atoms with Gasteiger partial charge in [0.25, 0.3) is 0 Å². The van der Waals surface area contributed by atoms with Crippen LogP contribution in [0, 0.1) is 0 Å². The number of hydrogen-bond acceptors (Lipinski definition) is 0. The molecule has 0 aliphatic rings. The van der Waals surface area contributed by atoms with Crippen LogP contribution >= 0.6 is 15.9 Å². The maximum atomic E-state index is 12.5. The minimum Gasteiger partial charge on any atom is -0.170 e. The van der Waals surface area contributed by atoms with E-state index in [1.165, 1.54) is 0 Å². The number of hydrogen-bond donors (Lipinski definition) is 0. The summed E-state index contributed by atoms with van der Waals surface area (Å²) in [5.74, 6) is -3.97. The van der Waals surface area contributed by atoms with Gasteiger partial charge in [-0.2, -0.15) is 39.5 Å². The zero-order chi connectivity index (χ0) is 15.9. The first-order valence-electron chi connectivity index (χ1n) is 4.74. The predicted molar refractivity (Wildman–Crippen MR) is 54.0 cm³/mol. The van der Waals surface area contributed by atoms with Gasteiger partial charge in [-0.3, -0.25) is 0 Å². The summed E-state index contributed by atoms with van der Waals surface area (Å²) in [6.45, 7) is 0. The van der Waals surface area contributed by atoms with Crippen LogP contribution in [0.4, 0.5) is 39.5 Å². The van der Waals surface area contributed by atoms with Crippen molar-refractivity contribution in [3.8, 4) is 0 Å². The van der Waals surface area contributed by atoms with Crippen LogP contribution in [0.25, 0.3) is 0 Å². The number of benzene rings is 1. The van der Waals surface area contributed by atoms with E-state index in [0.29, 0.717) is 12.1 Å². The van der Waals surface area contributed by atoms with Gasteiger partial charge in [0, 0.05) is 4.47 Å². The zero-order valence-electron chi connectivity index (χ0n) is 9.09. The third-order valence-electron chi connectivity index (χ3n) is 2.28. The Labute approximate surface area is 114 Å². The van der Waals surface area contributed by atoms with Crippen LogP contribution in [0.15, 0.2) is 22.7 Å². The minimum atomic E-state index is -5.74. The molecule has 0 bridgehead atoms. The van der Waals surface area contributed by atoms with Crippen molar-refractivity contribution in [2.24, 2.45) is 0 Å². The van der Waals surface area contributed by atoms with Crippen molar-refractivity contribution >= 4 is 15.9 Å². The summed E-state index contributed by atoms with van der Waals surface area (Å²) < 4.78 is 111. The Balaban J connectivity index is 3.45. The van der Waals surface area contributed by atoms with E-state index in [-0.39, 0.29) is 6.07 Å². The number of alkyl halides is 9. The highest BCUT2D eigenvalue weighted by molar-refractivity contribution is 9.10. The van der Waals surface area contributed by atoms with Gasteiger partial charge in [-0.15, -0.1) is 0 Å². The molecule has 0 N–H and O–H groups in total. The van der Waals surface area contributed by atoms with Crippen molar-refractivity contribution in [3.05, 3.63) is 33.8 Å². The lowest BCUT2D eigenvalue weighted by atomic mass is 9.96. The van der Waals surface area contributed by atoms with Gasteiger partial charge < -0.3 is 0 Å². The molecule has 1 aromatic rings. The van der Waals surface area contributed by atoms with Crippen LogP contribution in [0.2, 0.25) is 0 Å². The smallest absolute Gasteiger partial charge is 0.170 e. The van der Waals surface area contributed by atoms with Gasteiger partial charge in [0.1, 0.15) is 0 Å². The SMILES string of the molecule is FC(F)(F)c1cc(C(C(F)(F)F)C(F)(F)F)ccc1Br. The van der Waals surface area contributed by atoms with Crippen LogP contribution in [-0.2, 0) is 6.18 Å². The fraction of sp³-hybridized carbons (Fsp3) is 0.400. The fourth-order valence-electron chi connectivity index (χ4n) is 1.50. The van der Waals surface area contributed by atoms with Crippen LogP contribution in [0.3, 0.4) is 0 Å². The third kappa shape index (κ3) is 3.80. The second kappa shape index (κ2) is 5.12. The molecule has 0 aliphatic heterocycles. The monoisotopic (exact) mass is 374 g/mol. The van der Waals surface area contributed by atoms with E-state index < -0.39 is 40.0 Å². The summed E-state index contributed by atoms with van der Waals surface area (Å²) in [6.07, 6.45) is -16.6. The quantitative estimate of drug-likeness (QED) is 0.555. The van der Waals surface area contributed by atoms with E-state index in [1.54, 1.807) is 0 Å². The lowest BCUT2D eigenvalue weighted by Crippen LogP contribution is -2.34. The second-order valence-corrected chi connectivity index (χ2v) is 4.61. The van der Waals surface area contributed by atoms with E-state index in [9.17, 15) is 39.5 Å². The largest absolute Gasteiger partial charge is 0.417 e. The van der Waals surface area contributed by atoms with Crippen molar-refractivity contribution in [3.63, 3.8) is 0 Å². The fourth-order valence-corrected chi connectivity index (χ4v) is 1.97. The molecule has 0 spiro atoms. The highest BCUT2D eigenvalue weighted by Gasteiger charge is 2.57. The van der Waals surface area contributed by atoms with Crippen molar-refractivity contribution in [1.82, 2.24) is 0 Å². The Bertz CT molecular complexity index is 469. The zero-order valence-corrected chi connectivity index (χ0v) is 10.7. The maximum absolute atomic E-state index is 12.5. The highest BCUT2D eigenvalue weighted by atomic mass is 79.9. The molecule has 0 atom stereocenters. The summed E-state index contributed by atoms with van der Waals surface area (Å²) in [4.78, 5) is 0. The molecule has 20 heavy (non-hydrogen) atoms. The molecule has 1 aromatic carbocycles. The Kier molecular flexibility index (Phi) is 4.38. The lowest BCUT2D eigenvalue weighted by molar-refractivity contribution is -0.253. The summed E-state index contributed by atoms with van der Waals surface area (Å²) in [6, 6.07) is 0.698. The van der Waals surface area contributed by atoms with Gasteiger partial charge in [0.2, 0.25) is 0 Å². The molecule has 1 rings (SSSR count). The van der Waals surface area contributed by atoms with E-state index in [4.69, 9.17) is 0 Å². The maximum Gasteiger partial charge on any atom is 0.417 e. The van der Waals surface area contributed by atoms with Gasteiger partial charge >= 0.3 is 18.5 Å². The lowest BCUT2D eigenvalue weighted by Gasteiger charge is -2.24. The standard InChI is InChI=1S/C10H4BrF9/c11-6-2-1-4(3-5(6)8(12,13)14)7(9(15,16)17)10(18,19)20/h1-3,7H. The van der Waals surface area contributed by atoms with Gasteiger partial charge in [-0.25, -0.2) is 0 Å². The van der Waals surface area contributed by atoms with Crippen LogP contribution in [0.1, 0.15) is 17.0 Å². The van der Waals surface area contributed by atoms with Crippen molar-refractivity contribution in [2.75, 3.05) is 0 Å². The van der Waals surface area contributed by atoms with Gasteiger partial charge in [0.05, 0.1) is 5.56 Å². The average molecular weight is 375 g/mol. The topological polar surface area (TPSA) is 0 Å². The first-order valence-corrected chi connectivity index (χ1v) is 5.54. The third-order valence-corrected chi connectivity index (χ3v) is 2.98. The van der Waals surface area contributed by atoms with Gasteiger partial charge in [0.15, 0.2) is 5.92 Å². The van der Waals surface area contributed by atoms with Gasteiger partial charge in [-0.05, 0) is 17.7 Å². The van der Waals surface area contributed by atoms with Gasteiger partial charge in [-0.1, -0.05) is 22.0 Å². The second-order valence-electron chi connectivity index (χ2n) is 3.75. The molecule has 0 saturated heterocycles. The van der Waals surface area contributed by atoms with Crippen LogP contribution in [-0.4, -0.2) is 12.4 Å². The van der Waals surface area contributed by atoms with Crippen LogP contribution < -0.4 is 0 Å². The molecule has 0 aromatic heterocycles. The summed E-state index contributed by atoms with van der Waals surface area (Å²) >= 11 is 2.43. The summed E-state index contributed by atoms with van der Waals surface area (Å²) in [7, 11) is 0. The molecule has 0 unspecified atom stereocenters. The first kappa shape index (κ1) is 17.1. The van der Waals surface area contributed by atoms with Crippen molar-refractivity contribution in [1.29, 1.82) is 0 Å². The number of halogens is 10. The normalized spacial score (nSPS) is 13.9. The van der Waals surface area contributed by atoms with E-state index in [2.05, 4.69) is 15.9 Å². The predicted octanol–water partition coefficient (Wildman–Crippen LogP) is 5.68. The van der Waals surface area contributed by atoms with E-state index in [0.717, 1.165) is 0 Å². The molecule has 0 fully saturated rings. The molecule has 0 heterocycles. The Hall–Kier alpha value is -0.930.